The van der Waals surface area contributed by atoms with Crippen LogP contribution < -0.4 is 5.32 Å². The van der Waals surface area contributed by atoms with Crippen LogP contribution in [0.25, 0.3) is 0 Å². The molecule has 0 bridgehead atoms. The molecule has 0 fully saturated rings. The number of hydrogen-bond donors (Lipinski definition) is 1. The van der Waals surface area contributed by atoms with Gasteiger partial charge >= 0.3 is 5.97 Å². The van der Waals surface area contributed by atoms with Gasteiger partial charge in [-0.15, -0.1) is 11.3 Å². The monoisotopic (exact) mass is 351 g/mol. The third-order valence-corrected chi connectivity index (χ3v) is 5.18. The van der Waals surface area contributed by atoms with Crippen LogP contribution in [-0.4, -0.2) is 19.0 Å². The molecule has 0 aliphatic heterocycles. The predicted octanol–water partition coefficient (Wildman–Crippen LogP) is 3.94. The van der Waals surface area contributed by atoms with Gasteiger partial charge in [0.15, 0.2) is 11.6 Å². The van der Waals surface area contributed by atoms with Gasteiger partial charge in [0.1, 0.15) is 5.00 Å². The molecule has 0 saturated heterocycles. The summed E-state index contributed by atoms with van der Waals surface area (Å²) >= 11 is 1.34. The molecule has 1 N–H and O–H groups in total. The number of thiophene rings is 1. The van der Waals surface area contributed by atoms with Crippen LogP contribution in [-0.2, 0) is 17.6 Å². The minimum atomic E-state index is -1.10. The average Bonchev–Trinajstić information content (AvgIpc) is 2.94. The molecular weight excluding hydrogens is 336 g/mol. The van der Waals surface area contributed by atoms with Crippen LogP contribution >= 0.6 is 11.3 Å². The van der Waals surface area contributed by atoms with Crippen LogP contribution in [0.4, 0.5) is 13.8 Å². The number of fused-ring (bicyclic) bond motifs is 1. The molecule has 2 aromatic rings. The zero-order valence-corrected chi connectivity index (χ0v) is 13.8. The number of amides is 1. The smallest absolute Gasteiger partial charge is 0.341 e. The minimum absolute atomic E-state index is 0.0175. The van der Waals surface area contributed by atoms with Crippen LogP contribution in [0.1, 0.15) is 44.0 Å². The molecule has 0 unspecified atom stereocenters. The lowest BCUT2D eigenvalue weighted by Crippen LogP contribution is -2.15. The number of ether oxygens (including phenoxy) is 1. The highest BCUT2D eigenvalue weighted by Crippen LogP contribution is 2.38. The van der Waals surface area contributed by atoms with Gasteiger partial charge in [0, 0.05) is 10.4 Å². The van der Waals surface area contributed by atoms with Gasteiger partial charge in [0.25, 0.3) is 5.91 Å². The maximum Gasteiger partial charge on any atom is 0.341 e. The molecule has 0 atom stereocenters. The second kappa shape index (κ2) is 6.68. The Labute approximate surface area is 141 Å². The first-order valence-corrected chi connectivity index (χ1v) is 8.32. The fourth-order valence-corrected chi connectivity index (χ4v) is 4.06. The third kappa shape index (κ3) is 3.03. The number of halogens is 2. The number of esters is 1. The molecule has 0 radical (unpaired) electrons. The summed E-state index contributed by atoms with van der Waals surface area (Å²) in [5, 5.41) is 3.03. The van der Waals surface area contributed by atoms with Gasteiger partial charge in [-0.2, -0.15) is 0 Å². The van der Waals surface area contributed by atoms with Crippen molar-refractivity contribution < 1.29 is 23.1 Å². The van der Waals surface area contributed by atoms with Crippen molar-refractivity contribution in [1.82, 2.24) is 0 Å². The summed E-state index contributed by atoms with van der Waals surface area (Å²) in [6.45, 7) is 0. The largest absolute Gasteiger partial charge is 0.465 e. The molecule has 4 nitrogen and oxygen atoms in total. The van der Waals surface area contributed by atoms with Gasteiger partial charge < -0.3 is 10.1 Å². The van der Waals surface area contributed by atoms with Crippen molar-refractivity contribution in [2.75, 3.05) is 12.4 Å². The van der Waals surface area contributed by atoms with Crippen molar-refractivity contribution in [2.45, 2.75) is 25.7 Å². The van der Waals surface area contributed by atoms with E-state index in [1.807, 2.05) is 0 Å². The minimum Gasteiger partial charge on any atom is -0.465 e. The van der Waals surface area contributed by atoms with E-state index in [-0.39, 0.29) is 5.56 Å². The van der Waals surface area contributed by atoms with E-state index in [4.69, 9.17) is 4.74 Å². The van der Waals surface area contributed by atoms with Crippen LogP contribution in [0.15, 0.2) is 18.2 Å². The number of anilines is 1. The van der Waals surface area contributed by atoms with E-state index in [1.54, 1.807) is 0 Å². The number of carbonyl (C=O) groups excluding carboxylic acids is 2. The van der Waals surface area contributed by atoms with Gasteiger partial charge in [-0.3, -0.25) is 4.79 Å². The lowest BCUT2D eigenvalue weighted by atomic mass is 9.95. The molecule has 1 heterocycles. The zero-order valence-electron chi connectivity index (χ0n) is 12.9. The fourth-order valence-electron chi connectivity index (χ4n) is 2.78. The molecule has 0 saturated carbocycles. The van der Waals surface area contributed by atoms with Gasteiger partial charge in [-0.05, 0) is 49.4 Å². The third-order valence-electron chi connectivity index (χ3n) is 3.97. The Balaban J connectivity index is 1.94. The topological polar surface area (TPSA) is 55.4 Å². The molecule has 1 aromatic heterocycles. The van der Waals surface area contributed by atoms with Crippen molar-refractivity contribution in [3.8, 4) is 0 Å². The summed E-state index contributed by atoms with van der Waals surface area (Å²) in [5.74, 6) is -3.22. The summed E-state index contributed by atoms with van der Waals surface area (Å²) in [4.78, 5) is 25.5. The molecule has 0 spiro atoms. The van der Waals surface area contributed by atoms with Gasteiger partial charge in [0.05, 0.1) is 12.7 Å². The van der Waals surface area contributed by atoms with Crippen molar-refractivity contribution in [3.05, 3.63) is 51.4 Å². The molecule has 126 valence electrons. The van der Waals surface area contributed by atoms with Gasteiger partial charge in [0.2, 0.25) is 0 Å². The Kier molecular flexibility index (Phi) is 4.62. The van der Waals surface area contributed by atoms with Gasteiger partial charge in [-0.1, -0.05) is 0 Å². The molecule has 1 aliphatic carbocycles. The van der Waals surface area contributed by atoms with Crippen LogP contribution in [0.3, 0.4) is 0 Å². The average molecular weight is 351 g/mol. The highest BCUT2D eigenvalue weighted by molar-refractivity contribution is 7.17. The molecule has 1 aromatic carbocycles. The number of methoxy groups -OCH3 is 1. The van der Waals surface area contributed by atoms with Crippen molar-refractivity contribution in [1.29, 1.82) is 0 Å². The highest BCUT2D eigenvalue weighted by Gasteiger charge is 2.27. The summed E-state index contributed by atoms with van der Waals surface area (Å²) in [6.07, 6.45) is 3.62. The number of carbonyl (C=O) groups is 2. The number of aryl methyl sites for hydroxylation is 1. The Morgan fingerprint density at radius 3 is 2.62 bits per heavy atom. The first-order valence-electron chi connectivity index (χ1n) is 7.50. The second-order valence-electron chi connectivity index (χ2n) is 5.49. The number of benzene rings is 1. The van der Waals surface area contributed by atoms with Crippen molar-refractivity contribution in [2.24, 2.45) is 0 Å². The molecular formula is C17H15F2NO3S. The highest BCUT2D eigenvalue weighted by atomic mass is 32.1. The first kappa shape index (κ1) is 16.6. The number of rotatable bonds is 3. The number of hydrogen-bond acceptors (Lipinski definition) is 4. The molecule has 24 heavy (non-hydrogen) atoms. The fraction of sp³-hybridized carbons (Fsp3) is 0.294. The second-order valence-corrected chi connectivity index (χ2v) is 6.59. The predicted molar refractivity (Wildman–Crippen MR) is 86.6 cm³/mol. The first-order chi connectivity index (χ1) is 11.5. The van der Waals surface area contributed by atoms with E-state index in [0.29, 0.717) is 10.6 Å². The SMILES string of the molecule is COC(=O)c1c(NC(=O)c2ccc(F)c(F)c2)sc2c1CCCC2. The summed E-state index contributed by atoms with van der Waals surface area (Å²) in [5.41, 5.74) is 1.27. The summed E-state index contributed by atoms with van der Waals surface area (Å²) in [6, 6.07) is 2.92. The summed E-state index contributed by atoms with van der Waals surface area (Å²) < 4.78 is 31.1. The Morgan fingerprint density at radius 2 is 1.92 bits per heavy atom. The van der Waals surface area contributed by atoms with E-state index in [1.165, 1.54) is 24.5 Å². The number of nitrogens with one attached hydrogen (secondary N) is 1. The quantitative estimate of drug-likeness (QED) is 0.852. The molecule has 7 heteroatoms. The van der Waals surface area contributed by atoms with Crippen LogP contribution in [0, 0.1) is 11.6 Å². The summed E-state index contributed by atoms with van der Waals surface area (Å²) in [7, 11) is 1.29. The van der Waals surface area contributed by atoms with Crippen LogP contribution in [0.5, 0.6) is 0 Å². The Bertz CT molecular complexity index is 816. The standard InChI is InChI=1S/C17H15F2NO3S/c1-23-17(22)14-10-4-2-3-5-13(10)24-16(14)20-15(21)9-6-7-11(18)12(19)8-9/h6-8H,2-5H2,1H3,(H,20,21). The zero-order chi connectivity index (χ0) is 17.3. The van der Waals surface area contributed by atoms with Crippen LogP contribution in [0.2, 0.25) is 0 Å². The Morgan fingerprint density at radius 1 is 1.17 bits per heavy atom. The molecule has 1 amide bonds. The van der Waals surface area contributed by atoms with Crippen molar-refractivity contribution >= 4 is 28.2 Å². The lowest BCUT2D eigenvalue weighted by molar-refractivity contribution is 0.0601. The van der Waals surface area contributed by atoms with E-state index in [2.05, 4.69) is 5.32 Å². The molecule has 3 rings (SSSR count). The lowest BCUT2D eigenvalue weighted by Gasteiger charge is -2.11. The maximum absolute atomic E-state index is 13.3. The van der Waals surface area contributed by atoms with E-state index in [0.717, 1.165) is 48.3 Å². The Hall–Kier alpha value is -2.28. The molecule has 1 aliphatic rings. The maximum atomic E-state index is 13.3. The van der Waals surface area contributed by atoms with Gasteiger partial charge in [-0.25, -0.2) is 13.6 Å². The normalized spacial score (nSPS) is 13.3. The van der Waals surface area contributed by atoms with E-state index >= 15 is 0 Å². The van der Waals surface area contributed by atoms with Crippen molar-refractivity contribution in [3.63, 3.8) is 0 Å². The van der Waals surface area contributed by atoms with E-state index < -0.39 is 23.5 Å². The van der Waals surface area contributed by atoms with E-state index in [9.17, 15) is 18.4 Å².